The maximum atomic E-state index is 11.3. The summed E-state index contributed by atoms with van der Waals surface area (Å²) in [5.74, 6) is -1.17. The van der Waals surface area contributed by atoms with E-state index in [1.807, 2.05) is 19.0 Å². The molecule has 0 bridgehead atoms. The number of imidazole rings is 1. The van der Waals surface area contributed by atoms with Crippen LogP contribution in [0.25, 0.3) is 4.96 Å². The number of nitro groups is 1. The minimum absolute atomic E-state index is 0.0936. The van der Waals surface area contributed by atoms with Gasteiger partial charge in [-0.25, -0.2) is 0 Å². The summed E-state index contributed by atoms with van der Waals surface area (Å²) in [4.78, 5) is 29.7. The van der Waals surface area contributed by atoms with Gasteiger partial charge >= 0.3 is 11.8 Å². The standard InChI is InChI=1S/C11H15N5O4S/c1-13(2)3-4-14(7-8(17)18)9-10(16(19)20)15-5-6-21-11(15)12-9/h5-6H,3-4,7H2,1-2H3,(H,17,18). The van der Waals surface area contributed by atoms with Crippen LogP contribution in [0.3, 0.4) is 0 Å². The van der Waals surface area contributed by atoms with Crippen molar-refractivity contribution < 1.29 is 14.8 Å². The van der Waals surface area contributed by atoms with Gasteiger partial charge in [0, 0.05) is 18.5 Å². The molecule has 0 aliphatic rings. The van der Waals surface area contributed by atoms with Gasteiger partial charge in [0.25, 0.3) is 4.96 Å². The van der Waals surface area contributed by atoms with Crippen LogP contribution < -0.4 is 4.90 Å². The molecular formula is C11H15N5O4S. The lowest BCUT2D eigenvalue weighted by molar-refractivity contribution is -0.389. The Labute approximate surface area is 124 Å². The fraction of sp³-hybridized carbons (Fsp3) is 0.455. The molecule has 0 atom stereocenters. The summed E-state index contributed by atoms with van der Waals surface area (Å²) in [5.41, 5.74) is 0. The first-order valence-electron chi connectivity index (χ1n) is 6.11. The highest BCUT2D eigenvalue weighted by Gasteiger charge is 2.28. The molecule has 1 N–H and O–H groups in total. The lowest BCUT2D eigenvalue weighted by atomic mass is 10.4. The molecule has 0 saturated heterocycles. The van der Waals surface area contributed by atoms with Crippen molar-refractivity contribution in [3.05, 3.63) is 21.7 Å². The molecule has 21 heavy (non-hydrogen) atoms. The molecule has 0 unspecified atom stereocenters. The number of anilines is 1. The molecule has 0 aliphatic carbocycles. The molecule has 2 aromatic rings. The van der Waals surface area contributed by atoms with Gasteiger partial charge in [0.05, 0.1) is 0 Å². The number of fused-ring (bicyclic) bond motifs is 1. The first kappa shape index (κ1) is 15.2. The zero-order valence-electron chi connectivity index (χ0n) is 11.6. The quantitative estimate of drug-likeness (QED) is 0.594. The molecule has 9 nitrogen and oxygen atoms in total. The summed E-state index contributed by atoms with van der Waals surface area (Å²) in [7, 11) is 3.69. The van der Waals surface area contributed by atoms with Gasteiger partial charge < -0.3 is 25.0 Å². The van der Waals surface area contributed by atoms with Crippen molar-refractivity contribution in [2.45, 2.75) is 0 Å². The van der Waals surface area contributed by atoms with E-state index in [0.717, 1.165) is 0 Å². The SMILES string of the molecule is CN(C)CCN(CC(=O)O)c1nc2sccn2c1[N+](=O)[O-]. The number of hydrogen-bond acceptors (Lipinski definition) is 7. The van der Waals surface area contributed by atoms with Gasteiger partial charge in [-0.3, -0.25) is 4.79 Å². The van der Waals surface area contributed by atoms with Crippen molar-refractivity contribution in [1.82, 2.24) is 14.3 Å². The Morgan fingerprint density at radius 1 is 1.52 bits per heavy atom. The van der Waals surface area contributed by atoms with Crippen LogP contribution in [0.1, 0.15) is 0 Å². The number of likely N-dealkylation sites (N-methyl/N-ethyl adjacent to an activating group) is 1. The first-order valence-corrected chi connectivity index (χ1v) is 6.99. The molecule has 0 saturated carbocycles. The number of aliphatic carboxylic acids is 1. The third-order valence-corrected chi connectivity index (χ3v) is 3.59. The van der Waals surface area contributed by atoms with Gasteiger partial charge in [-0.05, 0) is 19.0 Å². The second-order valence-corrected chi connectivity index (χ2v) is 5.56. The molecule has 10 heteroatoms. The molecule has 2 heterocycles. The number of hydrogen-bond donors (Lipinski definition) is 1. The Kier molecular flexibility index (Phi) is 4.38. The molecule has 0 fully saturated rings. The molecule has 0 radical (unpaired) electrons. The highest BCUT2D eigenvalue weighted by molar-refractivity contribution is 7.15. The van der Waals surface area contributed by atoms with Crippen molar-refractivity contribution in [3.63, 3.8) is 0 Å². The Balaban J connectivity index is 2.42. The van der Waals surface area contributed by atoms with Crippen LogP contribution in [-0.4, -0.2) is 64.0 Å². The number of thiazole rings is 1. The van der Waals surface area contributed by atoms with Crippen molar-refractivity contribution in [2.75, 3.05) is 38.6 Å². The molecule has 114 valence electrons. The number of carboxylic acid groups (broad SMARTS) is 1. The fourth-order valence-electron chi connectivity index (χ4n) is 1.89. The monoisotopic (exact) mass is 313 g/mol. The number of aromatic nitrogens is 2. The normalized spacial score (nSPS) is 11.2. The number of carboxylic acids is 1. The minimum atomic E-state index is -1.06. The van der Waals surface area contributed by atoms with Crippen LogP contribution in [0.2, 0.25) is 0 Å². The van der Waals surface area contributed by atoms with Crippen LogP contribution in [0, 0.1) is 10.1 Å². The van der Waals surface area contributed by atoms with Gasteiger partial charge in [-0.15, -0.1) is 0 Å². The molecular weight excluding hydrogens is 298 g/mol. The topological polar surface area (TPSA) is 104 Å². The van der Waals surface area contributed by atoms with Crippen LogP contribution in [-0.2, 0) is 4.79 Å². The summed E-state index contributed by atoms with van der Waals surface area (Å²) in [6.07, 6.45) is 1.56. The zero-order valence-corrected chi connectivity index (χ0v) is 12.4. The minimum Gasteiger partial charge on any atom is -0.480 e. The van der Waals surface area contributed by atoms with E-state index in [0.29, 0.717) is 18.1 Å². The van der Waals surface area contributed by atoms with Gasteiger partial charge in [-0.1, -0.05) is 11.3 Å². The smallest absolute Gasteiger partial charge is 0.373 e. The van der Waals surface area contributed by atoms with E-state index < -0.39 is 10.9 Å². The first-order chi connectivity index (χ1) is 9.90. The second kappa shape index (κ2) is 6.06. The van der Waals surface area contributed by atoms with E-state index in [2.05, 4.69) is 4.98 Å². The lowest BCUT2D eigenvalue weighted by Gasteiger charge is -2.21. The molecule has 2 aromatic heterocycles. The van der Waals surface area contributed by atoms with Gasteiger partial charge in [0.15, 0.2) is 0 Å². The average molecular weight is 313 g/mol. The molecule has 0 aromatic carbocycles. The van der Waals surface area contributed by atoms with Crippen molar-refractivity contribution in [2.24, 2.45) is 0 Å². The van der Waals surface area contributed by atoms with Crippen LogP contribution in [0.4, 0.5) is 11.6 Å². The van der Waals surface area contributed by atoms with E-state index in [9.17, 15) is 14.9 Å². The number of rotatable bonds is 7. The highest BCUT2D eigenvalue weighted by atomic mass is 32.1. The van der Waals surface area contributed by atoms with E-state index in [1.54, 1.807) is 11.6 Å². The van der Waals surface area contributed by atoms with E-state index in [1.165, 1.54) is 20.6 Å². The molecule has 0 amide bonds. The van der Waals surface area contributed by atoms with Crippen LogP contribution in [0.15, 0.2) is 11.6 Å². The van der Waals surface area contributed by atoms with Crippen LogP contribution >= 0.6 is 11.3 Å². The van der Waals surface area contributed by atoms with E-state index in [4.69, 9.17) is 5.11 Å². The predicted octanol–water partition coefficient (Wildman–Crippen LogP) is 0.757. The van der Waals surface area contributed by atoms with Crippen LogP contribution in [0.5, 0.6) is 0 Å². The molecule has 0 spiro atoms. The summed E-state index contributed by atoms with van der Waals surface area (Å²) in [6, 6.07) is 0. The Hall–Kier alpha value is -2.20. The third-order valence-electron chi connectivity index (χ3n) is 2.83. The summed E-state index contributed by atoms with van der Waals surface area (Å²) in [5, 5.41) is 22.0. The lowest BCUT2D eigenvalue weighted by Crippen LogP contribution is -2.36. The van der Waals surface area contributed by atoms with E-state index >= 15 is 0 Å². The van der Waals surface area contributed by atoms with Crippen molar-refractivity contribution in [3.8, 4) is 0 Å². The zero-order chi connectivity index (χ0) is 15.6. The Bertz CT molecular complexity index is 665. The number of carbonyl (C=O) groups is 1. The second-order valence-electron chi connectivity index (χ2n) is 4.69. The Morgan fingerprint density at radius 2 is 2.24 bits per heavy atom. The summed E-state index contributed by atoms with van der Waals surface area (Å²) < 4.78 is 1.37. The van der Waals surface area contributed by atoms with Crippen molar-refractivity contribution in [1.29, 1.82) is 0 Å². The number of nitrogens with zero attached hydrogens (tertiary/aromatic N) is 5. The predicted molar refractivity (Wildman–Crippen MR) is 78.1 cm³/mol. The van der Waals surface area contributed by atoms with Gasteiger partial charge in [0.1, 0.15) is 12.7 Å². The summed E-state index contributed by atoms with van der Waals surface area (Å²) in [6.45, 7) is 0.570. The van der Waals surface area contributed by atoms with E-state index in [-0.39, 0.29) is 18.2 Å². The third kappa shape index (κ3) is 3.28. The van der Waals surface area contributed by atoms with Gasteiger partial charge in [-0.2, -0.15) is 9.38 Å². The molecule has 0 aliphatic heterocycles. The van der Waals surface area contributed by atoms with Crippen molar-refractivity contribution >= 4 is 33.9 Å². The largest absolute Gasteiger partial charge is 0.480 e. The maximum absolute atomic E-state index is 11.3. The maximum Gasteiger partial charge on any atom is 0.373 e. The average Bonchev–Trinajstić information content (AvgIpc) is 2.92. The van der Waals surface area contributed by atoms with Gasteiger partial charge in [0.2, 0.25) is 5.82 Å². The summed E-state index contributed by atoms with van der Waals surface area (Å²) >= 11 is 1.26. The Morgan fingerprint density at radius 3 is 2.81 bits per heavy atom. The highest BCUT2D eigenvalue weighted by Crippen LogP contribution is 2.30. The fourth-order valence-corrected chi connectivity index (χ4v) is 2.59. The molecule has 2 rings (SSSR count).